The van der Waals surface area contributed by atoms with Gasteiger partial charge in [-0.25, -0.2) is 4.39 Å². The molecular formula is C33H36FNO4. The third-order valence-corrected chi connectivity index (χ3v) is 5.82. The molecule has 0 amide bonds. The maximum Gasteiger partial charge on any atom is 0.307 e. The second-order valence-electron chi connectivity index (χ2n) is 10.6. The van der Waals surface area contributed by atoms with Crippen molar-refractivity contribution in [3.8, 4) is 28.0 Å². The normalized spacial score (nSPS) is 11.0. The zero-order valence-corrected chi connectivity index (χ0v) is 23.4. The largest absolute Gasteiger partial charge is 0.489 e. The van der Waals surface area contributed by atoms with Crippen LogP contribution in [0.4, 0.5) is 4.39 Å². The van der Waals surface area contributed by atoms with Crippen molar-refractivity contribution >= 4 is 5.97 Å². The molecule has 0 bridgehead atoms. The SMILES string of the molecule is CC(C)(C)O.Cc1ccc(-c2c(CC(=O)O)c(C)nc(C)c2-c2ccc(OCc3ccc(F)cc3)cc2)cc1. The molecule has 0 saturated heterocycles. The van der Waals surface area contributed by atoms with Gasteiger partial charge in [0.1, 0.15) is 18.2 Å². The maximum absolute atomic E-state index is 13.1. The molecule has 0 unspecified atom stereocenters. The van der Waals surface area contributed by atoms with E-state index in [-0.39, 0.29) is 12.2 Å². The Labute approximate surface area is 230 Å². The fourth-order valence-corrected chi connectivity index (χ4v) is 4.11. The molecule has 0 aliphatic heterocycles. The van der Waals surface area contributed by atoms with Crippen LogP contribution < -0.4 is 4.74 Å². The van der Waals surface area contributed by atoms with Crippen molar-refractivity contribution in [1.82, 2.24) is 4.98 Å². The first-order valence-electron chi connectivity index (χ1n) is 12.8. The Bertz CT molecular complexity index is 1400. The predicted octanol–water partition coefficient (Wildman–Crippen LogP) is 7.46. The van der Waals surface area contributed by atoms with Crippen molar-refractivity contribution < 1.29 is 24.1 Å². The van der Waals surface area contributed by atoms with Crippen LogP contribution >= 0.6 is 0 Å². The smallest absolute Gasteiger partial charge is 0.307 e. The van der Waals surface area contributed by atoms with Crippen molar-refractivity contribution in [1.29, 1.82) is 0 Å². The molecule has 4 aromatic rings. The highest BCUT2D eigenvalue weighted by molar-refractivity contribution is 5.89. The lowest BCUT2D eigenvalue weighted by molar-refractivity contribution is -0.136. The molecule has 0 aliphatic rings. The van der Waals surface area contributed by atoms with Gasteiger partial charge < -0.3 is 14.9 Å². The number of aliphatic hydroxyl groups is 1. The van der Waals surface area contributed by atoms with Gasteiger partial charge in [0, 0.05) is 17.0 Å². The number of pyridine rings is 1. The molecule has 0 saturated carbocycles. The van der Waals surface area contributed by atoms with Crippen LogP contribution in [-0.4, -0.2) is 26.8 Å². The summed E-state index contributed by atoms with van der Waals surface area (Å²) in [4.78, 5) is 16.4. The quantitative estimate of drug-likeness (QED) is 0.260. The van der Waals surface area contributed by atoms with Crippen LogP contribution in [0.1, 0.15) is 48.8 Å². The van der Waals surface area contributed by atoms with Crippen LogP contribution in [-0.2, 0) is 17.8 Å². The lowest BCUT2D eigenvalue weighted by Crippen LogP contribution is -2.10. The summed E-state index contributed by atoms with van der Waals surface area (Å²) >= 11 is 0. The van der Waals surface area contributed by atoms with E-state index in [1.807, 2.05) is 69.3 Å². The number of aromatic nitrogens is 1. The zero-order valence-electron chi connectivity index (χ0n) is 23.4. The number of nitrogens with zero attached hydrogens (tertiary/aromatic N) is 1. The molecule has 0 atom stereocenters. The number of benzene rings is 3. The lowest BCUT2D eigenvalue weighted by atomic mass is 9.87. The molecule has 0 aliphatic carbocycles. The Morgan fingerprint density at radius 1 is 0.821 bits per heavy atom. The number of hydrogen-bond donors (Lipinski definition) is 2. The third-order valence-electron chi connectivity index (χ3n) is 5.82. The minimum atomic E-state index is -0.891. The summed E-state index contributed by atoms with van der Waals surface area (Å²) < 4.78 is 19.0. The molecule has 3 aromatic carbocycles. The molecule has 204 valence electrons. The second-order valence-corrected chi connectivity index (χ2v) is 10.6. The van der Waals surface area contributed by atoms with Gasteiger partial charge in [-0.15, -0.1) is 0 Å². The standard InChI is InChI=1S/C29H26FNO3.C4H10O/c1-18-4-8-23(9-5-18)29-26(16-27(32)33)19(2)31-20(3)28(29)22-10-14-25(15-11-22)34-17-21-6-12-24(30)13-7-21;1-4(2,3)5/h4-15H,16-17H2,1-3H3,(H,32,33);5H,1-3H3. The van der Waals surface area contributed by atoms with Gasteiger partial charge in [0.25, 0.3) is 0 Å². The summed E-state index contributed by atoms with van der Waals surface area (Å²) in [5.74, 6) is -0.479. The van der Waals surface area contributed by atoms with E-state index in [0.29, 0.717) is 17.9 Å². The third kappa shape index (κ3) is 8.76. The molecule has 0 fully saturated rings. The van der Waals surface area contributed by atoms with Gasteiger partial charge >= 0.3 is 5.97 Å². The number of halogens is 1. The van der Waals surface area contributed by atoms with E-state index in [2.05, 4.69) is 4.98 Å². The Morgan fingerprint density at radius 3 is 1.87 bits per heavy atom. The lowest BCUT2D eigenvalue weighted by Gasteiger charge is -2.19. The number of aliphatic carboxylic acids is 1. The minimum absolute atomic E-state index is 0.103. The van der Waals surface area contributed by atoms with Crippen LogP contribution in [0.25, 0.3) is 22.3 Å². The first kappa shape index (κ1) is 29.5. The molecule has 6 heteroatoms. The fourth-order valence-electron chi connectivity index (χ4n) is 4.11. The number of carboxylic acid groups (broad SMARTS) is 1. The number of aryl methyl sites for hydroxylation is 3. The van der Waals surface area contributed by atoms with Crippen LogP contribution in [0, 0.1) is 26.6 Å². The highest BCUT2D eigenvalue weighted by Crippen LogP contribution is 2.39. The Balaban J connectivity index is 0.000000771. The fraction of sp³-hybridized carbons (Fsp3) is 0.273. The minimum Gasteiger partial charge on any atom is -0.489 e. The summed E-state index contributed by atoms with van der Waals surface area (Å²) in [7, 11) is 0. The van der Waals surface area contributed by atoms with E-state index in [1.165, 1.54) is 12.1 Å². The molecule has 4 rings (SSSR count). The summed E-state index contributed by atoms with van der Waals surface area (Å²) in [6.07, 6.45) is -0.103. The van der Waals surface area contributed by atoms with Crippen molar-refractivity contribution in [2.75, 3.05) is 0 Å². The van der Waals surface area contributed by atoms with Gasteiger partial charge in [0.15, 0.2) is 0 Å². The van der Waals surface area contributed by atoms with Crippen LogP contribution in [0.2, 0.25) is 0 Å². The van der Waals surface area contributed by atoms with E-state index in [1.54, 1.807) is 32.9 Å². The monoisotopic (exact) mass is 529 g/mol. The number of hydrogen-bond acceptors (Lipinski definition) is 4. The summed E-state index contributed by atoms with van der Waals surface area (Å²) in [6, 6.07) is 22.0. The number of rotatable bonds is 7. The van der Waals surface area contributed by atoms with E-state index >= 15 is 0 Å². The van der Waals surface area contributed by atoms with Crippen LogP contribution in [0.15, 0.2) is 72.8 Å². The number of carbonyl (C=O) groups is 1. The first-order chi connectivity index (χ1) is 18.3. The van der Waals surface area contributed by atoms with Crippen LogP contribution in [0.5, 0.6) is 5.75 Å². The van der Waals surface area contributed by atoms with Crippen molar-refractivity contribution in [2.24, 2.45) is 0 Å². The Kier molecular flexibility index (Phi) is 9.60. The predicted molar refractivity (Wildman–Crippen MR) is 153 cm³/mol. The molecule has 1 aromatic heterocycles. The summed E-state index contributed by atoms with van der Waals surface area (Å²) in [5, 5.41) is 18.1. The van der Waals surface area contributed by atoms with Gasteiger partial charge in [-0.05, 0) is 93.6 Å². The highest BCUT2D eigenvalue weighted by Gasteiger charge is 2.20. The van der Waals surface area contributed by atoms with Crippen molar-refractivity contribution in [3.63, 3.8) is 0 Å². The average molecular weight is 530 g/mol. The van der Waals surface area contributed by atoms with Gasteiger partial charge in [-0.3, -0.25) is 9.78 Å². The Morgan fingerprint density at radius 2 is 1.33 bits per heavy atom. The van der Waals surface area contributed by atoms with Crippen molar-refractivity contribution in [2.45, 2.75) is 60.2 Å². The van der Waals surface area contributed by atoms with Gasteiger partial charge in [0.2, 0.25) is 0 Å². The maximum atomic E-state index is 13.1. The summed E-state index contributed by atoms with van der Waals surface area (Å²) in [5.41, 5.74) is 7.49. The van der Waals surface area contributed by atoms with E-state index in [4.69, 9.17) is 9.84 Å². The topological polar surface area (TPSA) is 79.7 Å². The first-order valence-corrected chi connectivity index (χ1v) is 12.8. The number of ether oxygens (including phenoxy) is 1. The van der Waals surface area contributed by atoms with E-state index < -0.39 is 11.6 Å². The molecule has 39 heavy (non-hydrogen) atoms. The highest BCUT2D eigenvalue weighted by atomic mass is 19.1. The molecule has 5 nitrogen and oxygen atoms in total. The van der Waals surface area contributed by atoms with Gasteiger partial charge in [-0.2, -0.15) is 0 Å². The van der Waals surface area contributed by atoms with E-state index in [0.717, 1.165) is 44.8 Å². The zero-order chi connectivity index (χ0) is 28.7. The van der Waals surface area contributed by atoms with Gasteiger partial charge in [0.05, 0.1) is 12.0 Å². The molecule has 1 heterocycles. The molecule has 0 radical (unpaired) electrons. The number of carboxylic acids is 1. The van der Waals surface area contributed by atoms with Crippen molar-refractivity contribution in [3.05, 3.63) is 107 Å². The summed E-state index contributed by atoms with van der Waals surface area (Å²) in [6.45, 7) is 11.4. The van der Waals surface area contributed by atoms with Gasteiger partial charge in [-0.1, -0.05) is 54.1 Å². The van der Waals surface area contributed by atoms with E-state index in [9.17, 15) is 14.3 Å². The molecular weight excluding hydrogens is 493 g/mol. The molecule has 0 spiro atoms. The second kappa shape index (κ2) is 12.7. The molecule has 2 N–H and O–H groups in total. The average Bonchev–Trinajstić information content (AvgIpc) is 2.85. The van der Waals surface area contributed by atoms with Crippen LogP contribution in [0.3, 0.4) is 0 Å². The Hall–Kier alpha value is -4.03.